The maximum Gasteiger partial charge on any atom is 0.279 e. The van der Waals surface area contributed by atoms with E-state index in [2.05, 4.69) is 26.8 Å². The summed E-state index contributed by atoms with van der Waals surface area (Å²) in [6.07, 6.45) is 7.24. The molecule has 6 nitrogen and oxygen atoms in total. The van der Waals surface area contributed by atoms with Crippen LogP contribution in [0.4, 0.5) is 0 Å². The van der Waals surface area contributed by atoms with Crippen molar-refractivity contribution in [2.45, 2.75) is 24.3 Å². The highest BCUT2D eigenvalue weighted by molar-refractivity contribution is 9.10. The average molecular weight is 504 g/mol. The van der Waals surface area contributed by atoms with E-state index in [4.69, 9.17) is 6.42 Å². The van der Waals surface area contributed by atoms with Crippen LogP contribution in [0.25, 0.3) is 10.2 Å². The molecule has 154 valence electrons. The fraction of sp³-hybridized carbons (Fsp3) is 0.238. The molecule has 1 saturated heterocycles. The lowest BCUT2D eigenvalue weighted by Crippen LogP contribution is -2.27. The quantitative estimate of drug-likeness (QED) is 0.510. The molecule has 0 N–H and O–H groups in total. The lowest BCUT2D eigenvalue weighted by molar-refractivity contribution is 0.0998. The summed E-state index contributed by atoms with van der Waals surface area (Å²) in [4.78, 5) is 17.7. The van der Waals surface area contributed by atoms with Gasteiger partial charge in [-0.25, -0.2) is 8.42 Å². The molecule has 3 aromatic rings. The average Bonchev–Trinajstić information content (AvgIpc) is 3.38. The fourth-order valence-electron chi connectivity index (χ4n) is 3.37. The first kappa shape index (κ1) is 21.0. The van der Waals surface area contributed by atoms with Crippen molar-refractivity contribution in [3.63, 3.8) is 0 Å². The molecule has 4 rings (SSSR count). The van der Waals surface area contributed by atoms with Crippen molar-refractivity contribution < 1.29 is 13.2 Å². The van der Waals surface area contributed by atoms with Gasteiger partial charge >= 0.3 is 0 Å². The summed E-state index contributed by atoms with van der Waals surface area (Å²) < 4.78 is 30.5. The predicted molar refractivity (Wildman–Crippen MR) is 121 cm³/mol. The first-order valence-electron chi connectivity index (χ1n) is 9.32. The largest absolute Gasteiger partial charge is 0.305 e. The molecule has 0 saturated carbocycles. The SMILES string of the molecule is C#CCn1c(=NC(=O)c2ccc(S(=O)(=O)N3CCCC3)cc2)sc2cc(Br)ccc21. The van der Waals surface area contributed by atoms with Crippen molar-refractivity contribution in [3.8, 4) is 12.3 Å². The van der Waals surface area contributed by atoms with Gasteiger partial charge in [-0.1, -0.05) is 33.2 Å². The molecule has 0 bridgehead atoms. The highest BCUT2D eigenvalue weighted by Gasteiger charge is 2.27. The number of benzene rings is 2. The molecule has 1 aromatic heterocycles. The Morgan fingerprint density at radius 3 is 2.53 bits per heavy atom. The Balaban J connectivity index is 1.68. The van der Waals surface area contributed by atoms with E-state index in [9.17, 15) is 13.2 Å². The summed E-state index contributed by atoms with van der Waals surface area (Å²) >= 11 is 4.82. The summed E-state index contributed by atoms with van der Waals surface area (Å²) in [5.41, 5.74) is 1.22. The number of amides is 1. The normalized spacial score (nSPS) is 15.5. The Morgan fingerprint density at radius 2 is 1.87 bits per heavy atom. The van der Waals surface area contributed by atoms with Gasteiger partial charge in [0.25, 0.3) is 5.91 Å². The molecule has 2 heterocycles. The predicted octanol–water partition coefficient (Wildman–Crippen LogP) is 3.62. The number of sulfonamides is 1. The molecule has 9 heteroatoms. The van der Waals surface area contributed by atoms with Crippen molar-refractivity contribution in [3.05, 3.63) is 57.3 Å². The third-order valence-corrected chi connectivity index (χ3v) is 8.34. The maximum atomic E-state index is 12.7. The van der Waals surface area contributed by atoms with E-state index in [-0.39, 0.29) is 4.90 Å². The Bertz CT molecular complexity index is 1330. The number of nitrogens with zero attached hydrogens (tertiary/aromatic N) is 3. The summed E-state index contributed by atoms with van der Waals surface area (Å²) in [5.74, 6) is 2.15. The highest BCUT2D eigenvalue weighted by atomic mass is 79.9. The van der Waals surface area contributed by atoms with Crippen LogP contribution in [0.1, 0.15) is 23.2 Å². The van der Waals surface area contributed by atoms with Gasteiger partial charge in [0.05, 0.1) is 21.7 Å². The number of hydrogen-bond donors (Lipinski definition) is 0. The minimum Gasteiger partial charge on any atom is -0.305 e. The van der Waals surface area contributed by atoms with Gasteiger partial charge < -0.3 is 4.57 Å². The Morgan fingerprint density at radius 1 is 1.17 bits per heavy atom. The van der Waals surface area contributed by atoms with Crippen LogP contribution < -0.4 is 4.80 Å². The number of thiazole rings is 1. The van der Waals surface area contributed by atoms with E-state index in [1.165, 1.54) is 39.9 Å². The fourth-order valence-corrected chi connectivity index (χ4v) is 6.47. The van der Waals surface area contributed by atoms with Gasteiger partial charge in [0.1, 0.15) is 0 Å². The van der Waals surface area contributed by atoms with Gasteiger partial charge in [-0.05, 0) is 55.3 Å². The van der Waals surface area contributed by atoms with Crippen LogP contribution in [-0.2, 0) is 16.6 Å². The van der Waals surface area contributed by atoms with Gasteiger partial charge in [-0.2, -0.15) is 9.30 Å². The number of terminal acetylenes is 1. The Kier molecular flexibility index (Phi) is 5.93. The van der Waals surface area contributed by atoms with Gasteiger partial charge in [-0.15, -0.1) is 6.42 Å². The molecule has 1 amide bonds. The minimum absolute atomic E-state index is 0.190. The number of fused-ring (bicyclic) bond motifs is 1. The van der Waals surface area contributed by atoms with Gasteiger partial charge in [0.2, 0.25) is 10.0 Å². The topological polar surface area (TPSA) is 71.7 Å². The molecular formula is C21H18BrN3O3S2. The highest BCUT2D eigenvalue weighted by Crippen LogP contribution is 2.23. The number of carbonyl (C=O) groups excluding carboxylic acids is 1. The number of halogens is 1. The molecule has 0 aliphatic carbocycles. The van der Waals surface area contributed by atoms with Gasteiger partial charge in [0.15, 0.2) is 4.80 Å². The van der Waals surface area contributed by atoms with E-state index >= 15 is 0 Å². The van der Waals surface area contributed by atoms with Crippen molar-refractivity contribution in [2.75, 3.05) is 13.1 Å². The lowest BCUT2D eigenvalue weighted by Gasteiger charge is -2.15. The lowest BCUT2D eigenvalue weighted by atomic mass is 10.2. The second-order valence-electron chi connectivity index (χ2n) is 6.84. The smallest absolute Gasteiger partial charge is 0.279 e. The molecule has 1 aliphatic rings. The van der Waals surface area contributed by atoms with Crippen LogP contribution in [0, 0.1) is 12.3 Å². The van der Waals surface area contributed by atoms with Crippen LogP contribution in [0.5, 0.6) is 0 Å². The zero-order chi connectivity index (χ0) is 21.3. The number of carbonyl (C=O) groups is 1. The van der Waals surface area contributed by atoms with E-state index in [1.807, 2.05) is 22.8 Å². The van der Waals surface area contributed by atoms with Crippen LogP contribution in [-0.4, -0.2) is 36.3 Å². The standard InChI is InChI=1S/C21H18BrN3O3S2/c1-2-11-25-18-10-7-16(22)14-19(18)29-21(25)23-20(26)15-5-8-17(9-6-15)30(27,28)24-12-3-4-13-24/h1,5-10,14H,3-4,11-13H2. The second-order valence-corrected chi connectivity index (χ2v) is 10.7. The van der Waals surface area contributed by atoms with Crippen LogP contribution >= 0.6 is 27.3 Å². The second kappa shape index (κ2) is 8.47. The van der Waals surface area contributed by atoms with E-state index in [0.717, 1.165) is 27.5 Å². The molecule has 0 unspecified atom stereocenters. The summed E-state index contributed by atoms with van der Waals surface area (Å²) in [6.45, 7) is 1.37. The summed E-state index contributed by atoms with van der Waals surface area (Å²) in [7, 11) is -3.51. The third kappa shape index (κ3) is 4.01. The van der Waals surface area contributed by atoms with Gasteiger partial charge in [0, 0.05) is 23.1 Å². The molecule has 0 atom stereocenters. The van der Waals surface area contributed by atoms with Gasteiger partial charge in [-0.3, -0.25) is 4.79 Å². The van der Waals surface area contributed by atoms with Crippen LogP contribution in [0.3, 0.4) is 0 Å². The summed E-state index contributed by atoms with van der Waals surface area (Å²) in [5, 5.41) is 0. The zero-order valence-electron chi connectivity index (χ0n) is 15.9. The van der Waals surface area contributed by atoms with Crippen LogP contribution in [0.2, 0.25) is 0 Å². The number of aromatic nitrogens is 1. The molecule has 30 heavy (non-hydrogen) atoms. The van der Waals surface area contributed by atoms with Crippen molar-refractivity contribution in [1.82, 2.24) is 8.87 Å². The third-order valence-electron chi connectivity index (χ3n) is 4.90. The first-order valence-corrected chi connectivity index (χ1v) is 12.4. The maximum absolute atomic E-state index is 12.7. The molecular weight excluding hydrogens is 486 g/mol. The Labute approximate surface area is 187 Å². The molecule has 0 radical (unpaired) electrons. The zero-order valence-corrected chi connectivity index (χ0v) is 19.1. The monoisotopic (exact) mass is 503 g/mol. The minimum atomic E-state index is -3.51. The summed E-state index contributed by atoms with van der Waals surface area (Å²) in [6, 6.07) is 11.7. The van der Waals surface area contributed by atoms with E-state index in [1.54, 1.807) is 0 Å². The van der Waals surface area contributed by atoms with E-state index in [0.29, 0.717) is 30.0 Å². The number of rotatable bonds is 4. The molecule has 1 aliphatic heterocycles. The van der Waals surface area contributed by atoms with E-state index < -0.39 is 15.9 Å². The molecule has 2 aromatic carbocycles. The van der Waals surface area contributed by atoms with Crippen molar-refractivity contribution >= 4 is 53.4 Å². The van der Waals surface area contributed by atoms with Crippen molar-refractivity contribution in [1.29, 1.82) is 0 Å². The molecule has 0 spiro atoms. The Hall–Kier alpha value is -2.25. The molecule has 1 fully saturated rings. The van der Waals surface area contributed by atoms with Crippen LogP contribution in [0.15, 0.2) is 56.8 Å². The number of hydrogen-bond acceptors (Lipinski definition) is 4. The van der Waals surface area contributed by atoms with Crippen molar-refractivity contribution in [2.24, 2.45) is 4.99 Å². The first-order chi connectivity index (χ1) is 14.4.